The fourth-order valence-electron chi connectivity index (χ4n) is 4.21. The van der Waals surface area contributed by atoms with E-state index in [1.54, 1.807) is 25.7 Å². The highest BCUT2D eigenvalue weighted by atomic mass is 16.5. The summed E-state index contributed by atoms with van der Waals surface area (Å²) in [5.41, 5.74) is 1.57. The van der Waals surface area contributed by atoms with E-state index in [1.807, 2.05) is 17.7 Å². The van der Waals surface area contributed by atoms with E-state index in [4.69, 9.17) is 4.74 Å². The van der Waals surface area contributed by atoms with Crippen molar-refractivity contribution in [3.63, 3.8) is 0 Å². The predicted molar refractivity (Wildman–Crippen MR) is 112 cm³/mol. The summed E-state index contributed by atoms with van der Waals surface area (Å²) in [6.45, 7) is 4.30. The van der Waals surface area contributed by atoms with Crippen LogP contribution in [0, 0.1) is 12.8 Å². The Bertz CT molecular complexity index is 852. The first kappa shape index (κ1) is 21.3. The number of rotatable bonds is 9. The molecule has 1 aliphatic rings. The van der Waals surface area contributed by atoms with E-state index in [-0.39, 0.29) is 23.5 Å². The molecule has 1 saturated carbocycles. The van der Waals surface area contributed by atoms with Gasteiger partial charge in [-0.2, -0.15) is 0 Å². The maximum Gasteiger partial charge on any atom is 0.257 e. The summed E-state index contributed by atoms with van der Waals surface area (Å²) in [4.78, 5) is 29.6. The molecule has 7 heteroatoms. The normalized spacial score (nSPS) is 14.8. The van der Waals surface area contributed by atoms with Crippen LogP contribution >= 0.6 is 0 Å². The maximum atomic E-state index is 12.9. The summed E-state index contributed by atoms with van der Waals surface area (Å²) in [5, 5.41) is 2.91. The Kier molecular flexibility index (Phi) is 7.63. The molecule has 1 fully saturated rings. The molecule has 0 aromatic carbocycles. The van der Waals surface area contributed by atoms with Gasteiger partial charge in [-0.25, -0.2) is 4.98 Å². The van der Waals surface area contributed by atoms with E-state index in [0.29, 0.717) is 18.2 Å². The Morgan fingerprint density at radius 3 is 2.79 bits per heavy atom. The summed E-state index contributed by atoms with van der Waals surface area (Å²) < 4.78 is 9.47. The second-order valence-electron chi connectivity index (χ2n) is 7.93. The molecular weight excluding hydrogens is 368 g/mol. The van der Waals surface area contributed by atoms with Crippen LogP contribution in [0.5, 0.6) is 0 Å². The maximum absolute atomic E-state index is 12.9. The zero-order valence-corrected chi connectivity index (χ0v) is 17.5. The number of carbonyl (C=O) groups is 1. The lowest BCUT2D eigenvalue weighted by molar-refractivity contribution is 0.0943. The zero-order valence-electron chi connectivity index (χ0n) is 17.5. The quantitative estimate of drug-likeness (QED) is 0.657. The molecule has 0 radical (unpaired) electrons. The first-order valence-corrected chi connectivity index (χ1v) is 10.6. The van der Waals surface area contributed by atoms with Crippen LogP contribution in [0.4, 0.5) is 0 Å². The number of amides is 1. The number of nitrogens with one attached hydrogen (secondary N) is 1. The van der Waals surface area contributed by atoms with Crippen LogP contribution in [-0.2, 0) is 24.4 Å². The molecule has 0 unspecified atom stereocenters. The summed E-state index contributed by atoms with van der Waals surface area (Å²) in [7, 11) is 1.60. The smallest absolute Gasteiger partial charge is 0.257 e. The minimum atomic E-state index is -0.315. The number of imidazole rings is 1. The molecule has 158 valence electrons. The average molecular weight is 401 g/mol. The fourth-order valence-corrected chi connectivity index (χ4v) is 4.21. The topological polar surface area (TPSA) is 78.2 Å². The Balaban J connectivity index is 1.75. The van der Waals surface area contributed by atoms with Gasteiger partial charge in [-0.05, 0) is 32.1 Å². The monoisotopic (exact) mass is 400 g/mol. The predicted octanol–water partition coefficient (Wildman–Crippen LogP) is 2.90. The Morgan fingerprint density at radius 2 is 2.10 bits per heavy atom. The van der Waals surface area contributed by atoms with Gasteiger partial charge in [0.15, 0.2) is 5.43 Å². The van der Waals surface area contributed by atoms with E-state index in [9.17, 15) is 9.59 Å². The van der Waals surface area contributed by atoms with Crippen molar-refractivity contribution in [1.29, 1.82) is 0 Å². The molecule has 0 atom stereocenters. The number of aryl methyl sites for hydroxylation is 2. The molecule has 1 amide bonds. The molecule has 2 heterocycles. The number of aromatic nitrogens is 3. The number of nitrogens with zero attached hydrogens (tertiary/aromatic N) is 3. The molecule has 2 aromatic rings. The summed E-state index contributed by atoms with van der Waals surface area (Å²) in [6, 6.07) is 1.59. The molecule has 0 spiro atoms. The first-order chi connectivity index (χ1) is 14.1. The Hall–Kier alpha value is -2.41. The van der Waals surface area contributed by atoms with Crippen LogP contribution < -0.4 is 10.7 Å². The highest BCUT2D eigenvalue weighted by Crippen LogP contribution is 2.26. The SMILES string of the molecule is COCc1c(C(=O)NCCCn2ccnc2)c(=O)cc(C)n1CC1CCCCC1. The van der Waals surface area contributed by atoms with Crippen molar-refractivity contribution in [3.05, 3.63) is 52.0 Å². The molecule has 7 nitrogen and oxygen atoms in total. The minimum absolute atomic E-state index is 0.218. The zero-order chi connectivity index (χ0) is 20.6. The van der Waals surface area contributed by atoms with Gasteiger partial charge in [-0.15, -0.1) is 0 Å². The third kappa shape index (κ3) is 5.56. The second kappa shape index (κ2) is 10.4. The van der Waals surface area contributed by atoms with Gasteiger partial charge < -0.3 is 19.2 Å². The standard InChI is InChI=1S/C22H32N4O3/c1-17-13-20(27)21(22(28)24-9-6-11-25-12-10-23-16-25)19(15-29-2)26(17)14-18-7-4-3-5-8-18/h10,12-13,16,18H,3-9,11,14-15H2,1-2H3,(H,24,28). The molecule has 1 N–H and O–H groups in total. The number of pyridine rings is 1. The third-order valence-corrected chi connectivity index (χ3v) is 5.74. The van der Waals surface area contributed by atoms with Crippen LogP contribution in [0.3, 0.4) is 0 Å². The second-order valence-corrected chi connectivity index (χ2v) is 7.93. The van der Waals surface area contributed by atoms with Crippen molar-refractivity contribution in [3.8, 4) is 0 Å². The molecule has 2 aromatic heterocycles. The van der Waals surface area contributed by atoms with Crippen LogP contribution in [0.2, 0.25) is 0 Å². The van der Waals surface area contributed by atoms with Crippen molar-refractivity contribution < 1.29 is 9.53 Å². The van der Waals surface area contributed by atoms with Gasteiger partial charge in [0.1, 0.15) is 5.56 Å². The van der Waals surface area contributed by atoms with E-state index in [0.717, 1.165) is 25.2 Å². The third-order valence-electron chi connectivity index (χ3n) is 5.74. The lowest BCUT2D eigenvalue weighted by atomic mass is 9.89. The van der Waals surface area contributed by atoms with Gasteiger partial charge in [-0.1, -0.05) is 19.3 Å². The van der Waals surface area contributed by atoms with Crippen LogP contribution in [0.1, 0.15) is 60.3 Å². The van der Waals surface area contributed by atoms with E-state index in [1.165, 1.54) is 32.1 Å². The molecule has 0 aliphatic heterocycles. The van der Waals surface area contributed by atoms with Crippen molar-refractivity contribution >= 4 is 5.91 Å². The molecular formula is C22H32N4O3. The van der Waals surface area contributed by atoms with Gasteiger partial charge >= 0.3 is 0 Å². The molecule has 0 saturated heterocycles. The van der Waals surface area contributed by atoms with Crippen LogP contribution in [-0.4, -0.2) is 33.7 Å². The lowest BCUT2D eigenvalue weighted by Gasteiger charge is -2.27. The molecule has 0 bridgehead atoms. The van der Waals surface area contributed by atoms with Crippen LogP contribution in [0.25, 0.3) is 0 Å². The van der Waals surface area contributed by atoms with Gasteiger partial charge in [0, 0.05) is 50.9 Å². The van der Waals surface area contributed by atoms with Crippen LogP contribution in [0.15, 0.2) is 29.6 Å². The van der Waals surface area contributed by atoms with Crippen molar-refractivity contribution in [1.82, 2.24) is 19.4 Å². The van der Waals surface area contributed by atoms with E-state index >= 15 is 0 Å². The largest absolute Gasteiger partial charge is 0.378 e. The number of ether oxygens (including phenoxy) is 1. The lowest BCUT2D eigenvalue weighted by Crippen LogP contribution is -2.34. The summed E-state index contributed by atoms with van der Waals surface area (Å²) >= 11 is 0. The van der Waals surface area contributed by atoms with Crippen molar-refractivity contribution in [2.45, 2.75) is 65.1 Å². The van der Waals surface area contributed by atoms with E-state index < -0.39 is 0 Å². The fraction of sp³-hybridized carbons (Fsp3) is 0.591. The Morgan fingerprint density at radius 1 is 1.31 bits per heavy atom. The number of carbonyl (C=O) groups excluding carboxylic acids is 1. The summed E-state index contributed by atoms with van der Waals surface area (Å²) in [5.74, 6) is 0.275. The number of hydrogen-bond acceptors (Lipinski definition) is 4. The summed E-state index contributed by atoms with van der Waals surface area (Å²) in [6.07, 6.45) is 12.4. The highest BCUT2D eigenvalue weighted by molar-refractivity contribution is 5.95. The van der Waals surface area contributed by atoms with Crippen molar-refractivity contribution in [2.75, 3.05) is 13.7 Å². The molecule has 3 rings (SSSR count). The number of methoxy groups -OCH3 is 1. The minimum Gasteiger partial charge on any atom is -0.378 e. The van der Waals surface area contributed by atoms with Gasteiger partial charge in [0.25, 0.3) is 5.91 Å². The van der Waals surface area contributed by atoms with E-state index in [2.05, 4.69) is 14.9 Å². The highest BCUT2D eigenvalue weighted by Gasteiger charge is 2.22. The van der Waals surface area contributed by atoms with Gasteiger partial charge in [-0.3, -0.25) is 9.59 Å². The molecule has 29 heavy (non-hydrogen) atoms. The Labute approximate surface area is 172 Å². The number of hydrogen-bond donors (Lipinski definition) is 1. The first-order valence-electron chi connectivity index (χ1n) is 10.6. The van der Waals surface area contributed by atoms with Gasteiger partial charge in [0.2, 0.25) is 0 Å². The van der Waals surface area contributed by atoms with Gasteiger partial charge in [0.05, 0.1) is 18.6 Å². The van der Waals surface area contributed by atoms with Crippen molar-refractivity contribution in [2.24, 2.45) is 5.92 Å². The average Bonchev–Trinajstić information content (AvgIpc) is 3.22. The molecule has 1 aliphatic carbocycles.